The Hall–Kier alpha value is -2.43. The van der Waals surface area contributed by atoms with Crippen LogP contribution < -0.4 is 0 Å². The molecule has 2 heterocycles. The van der Waals surface area contributed by atoms with E-state index < -0.39 is 0 Å². The van der Waals surface area contributed by atoms with Gasteiger partial charge in [0.25, 0.3) is 0 Å². The molecule has 0 amide bonds. The van der Waals surface area contributed by atoms with Crippen LogP contribution in [0.25, 0.3) is 11.4 Å². The van der Waals surface area contributed by atoms with E-state index in [9.17, 15) is 0 Å². The summed E-state index contributed by atoms with van der Waals surface area (Å²) in [6, 6.07) is 9.82. The fourth-order valence-corrected chi connectivity index (χ4v) is 1.91. The molecule has 0 unspecified atom stereocenters. The van der Waals surface area contributed by atoms with E-state index in [1.165, 1.54) is 5.56 Å². The molecule has 0 aliphatic rings. The molecule has 19 heavy (non-hydrogen) atoms. The number of hydrogen-bond donors (Lipinski definition) is 0. The van der Waals surface area contributed by atoms with Crippen LogP contribution >= 0.6 is 0 Å². The molecular formula is C14H14N4O. The van der Waals surface area contributed by atoms with E-state index in [-0.39, 0.29) is 0 Å². The summed E-state index contributed by atoms with van der Waals surface area (Å²) in [7, 11) is 1.91. The molecule has 5 heteroatoms. The van der Waals surface area contributed by atoms with E-state index >= 15 is 0 Å². The lowest BCUT2D eigenvalue weighted by Gasteiger charge is -1.92. The summed E-state index contributed by atoms with van der Waals surface area (Å²) in [4.78, 5) is 4.40. The smallest absolute Gasteiger partial charge is 0.227 e. The Morgan fingerprint density at radius 1 is 1.16 bits per heavy atom. The van der Waals surface area contributed by atoms with Crippen molar-refractivity contribution >= 4 is 0 Å². The summed E-state index contributed by atoms with van der Waals surface area (Å²) in [5.41, 5.74) is 2.14. The molecule has 0 spiro atoms. The Bertz CT molecular complexity index is 657. The molecule has 2 aromatic heterocycles. The van der Waals surface area contributed by atoms with Gasteiger partial charge in [-0.1, -0.05) is 35.5 Å². The van der Waals surface area contributed by atoms with Gasteiger partial charge in [0.1, 0.15) is 0 Å². The molecule has 1 aromatic carbocycles. The molecule has 5 nitrogen and oxygen atoms in total. The number of nitrogens with zero attached hydrogens (tertiary/aromatic N) is 4. The molecule has 0 radical (unpaired) electrons. The minimum Gasteiger partial charge on any atom is -0.339 e. The zero-order valence-electron chi connectivity index (χ0n) is 10.7. The van der Waals surface area contributed by atoms with E-state index in [4.69, 9.17) is 4.52 Å². The molecular weight excluding hydrogens is 240 g/mol. The van der Waals surface area contributed by atoms with Crippen LogP contribution in [0.15, 0.2) is 47.2 Å². The van der Waals surface area contributed by atoms with E-state index in [1.807, 2.05) is 49.8 Å². The van der Waals surface area contributed by atoms with Crippen molar-refractivity contribution in [3.8, 4) is 11.4 Å². The highest BCUT2D eigenvalue weighted by atomic mass is 16.5. The van der Waals surface area contributed by atoms with Crippen molar-refractivity contribution in [2.75, 3.05) is 0 Å². The van der Waals surface area contributed by atoms with Gasteiger partial charge >= 0.3 is 0 Å². The summed E-state index contributed by atoms with van der Waals surface area (Å²) in [6.45, 7) is 0. The van der Waals surface area contributed by atoms with Crippen LogP contribution in [0.4, 0.5) is 0 Å². The fourth-order valence-electron chi connectivity index (χ4n) is 1.91. The molecule has 0 saturated heterocycles. The van der Waals surface area contributed by atoms with Gasteiger partial charge in [-0.15, -0.1) is 0 Å². The van der Waals surface area contributed by atoms with Crippen LogP contribution in [-0.2, 0) is 19.9 Å². The van der Waals surface area contributed by atoms with Crippen LogP contribution in [0.3, 0.4) is 0 Å². The highest BCUT2D eigenvalue weighted by Gasteiger charge is 2.08. The second-order valence-electron chi connectivity index (χ2n) is 4.40. The van der Waals surface area contributed by atoms with Crippen molar-refractivity contribution < 1.29 is 4.52 Å². The van der Waals surface area contributed by atoms with Gasteiger partial charge in [0, 0.05) is 25.2 Å². The fraction of sp³-hybridized carbons (Fsp3) is 0.214. The molecule has 96 valence electrons. The van der Waals surface area contributed by atoms with Crippen molar-refractivity contribution in [2.45, 2.75) is 12.8 Å². The second kappa shape index (κ2) is 5.06. The molecule has 3 rings (SSSR count). The molecule has 0 fully saturated rings. The van der Waals surface area contributed by atoms with Crippen LogP contribution in [0.2, 0.25) is 0 Å². The third-order valence-electron chi connectivity index (χ3n) is 2.89. The Labute approximate surface area is 110 Å². The van der Waals surface area contributed by atoms with Crippen molar-refractivity contribution in [1.82, 2.24) is 19.9 Å². The van der Waals surface area contributed by atoms with Gasteiger partial charge in [-0.3, -0.25) is 4.68 Å². The average Bonchev–Trinajstić information content (AvgIpc) is 3.06. The maximum atomic E-state index is 5.26. The summed E-state index contributed by atoms with van der Waals surface area (Å²) in [6.07, 6.45) is 5.43. The molecule has 0 bridgehead atoms. The number of aromatic nitrogens is 4. The van der Waals surface area contributed by atoms with Gasteiger partial charge in [-0.25, -0.2) is 0 Å². The van der Waals surface area contributed by atoms with Gasteiger partial charge in [0.15, 0.2) is 0 Å². The summed E-state index contributed by atoms with van der Waals surface area (Å²) < 4.78 is 7.05. The third-order valence-corrected chi connectivity index (χ3v) is 2.89. The first-order valence-electron chi connectivity index (χ1n) is 6.17. The van der Waals surface area contributed by atoms with Gasteiger partial charge < -0.3 is 4.52 Å². The Morgan fingerprint density at radius 2 is 2.00 bits per heavy atom. The Morgan fingerprint density at radius 3 is 2.74 bits per heavy atom. The zero-order chi connectivity index (χ0) is 13.1. The minimum atomic E-state index is 0.641. The SMILES string of the molecule is Cn1cc(CCc2nc(-c3ccccc3)no2)cn1. The second-order valence-corrected chi connectivity index (χ2v) is 4.40. The van der Waals surface area contributed by atoms with Crippen molar-refractivity contribution in [1.29, 1.82) is 0 Å². The van der Waals surface area contributed by atoms with Crippen LogP contribution in [0, 0.1) is 0 Å². The lowest BCUT2D eigenvalue weighted by Crippen LogP contribution is -1.90. The predicted molar refractivity (Wildman–Crippen MR) is 70.4 cm³/mol. The predicted octanol–water partition coefficient (Wildman–Crippen LogP) is 2.26. The average molecular weight is 254 g/mol. The van der Waals surface area contributed by atoms with Crippen molar-refractivity contribution in [3.05, 3.63) is 54.2 Å². The molecule has 0 aliphatic carbocycles. The summed E-state index contributed by atoms with van der Waals surface area (Å²) in [5.74, 6) is 1.30. The maximum absolute atomic E-state index is 5.26. The van der Waals surface area contributed by atoms with Gasteiger partial charge in [-0.05, 0) is 12.0 Å². The first-order valence-corrected chi connectivity index (χ1v) is 6.17. The number of benzene rings is 1. The minimum absolute atomic E-state index is 0.641. The number of hydrogen-bond acceptors (Lipinski definition) is 4. The van der Waals surface area contributed by atoms with Crippen LogP contribution in [-0.4, -0.2) is 19.9 Å². The normalized spacial score (nSPS) is 10.8. The maximum Gasteiger partial charge on any atom is 0.227 e. The van der Waals surface area contributed by atoms with Gasteiger partial charge in [0.2, 0.25) is 11.7 Å². The van der Waals surface area contributed by atoms with E-state index in [0.717, 1.165) is 18.4 Å². The highest BCUT2D eigenvalue weighted by Crippen LogP contribution is 2.15. The monoisotopic (exact) mass is 254 g/mol. The van der Waals surface area contributed by atoms with E-state index in [2.05, 4.69) is 15.2 Å². The van der Waals surface area contributed by atoms with Crippen molar-refractivity contribution in [2.24, 2.45) is 7.05 Å². The Balaban J connectivity index is 1.68. The lowest BCUT2D eigenvalue weighted by atomic mass is 10.2. The molecule has 0 aliphatic heterocycles. The third kappa shape index (κ3) is 2.70. The molecule has 0 saturated carbocycles. The van der Waals surface area contributed by atoms with Crippen LogP contribution in [0.5, 0.6) is 0 Å². The first-order chi connectivity index (χ1) is 9.31. The van der Waals surface area contributed by atoms with E-state index in [1.54, 1.807) is 4.68 Å². The van der Waals surface area contributed by atoms with Gasteiger partial charge in [0.05, 0.1) is 6.20 Å². The quantitative estimate of drug-likeness (QED) is 0.716. The van der Waals surface area contributed by atoms with Gasteiger partial charge in [-0.2, -0.15) is 10.1 Å². The summed E-state index contributed by atoms with van der Waals surface area (Å²) >= 11 is 0. The number of aryl methyl sites for hydroxylation is 3. The Kier molecular flexibility index (Phi) is 3.10. The first kappa shape index (κ1) is 11.6. The lowest BCUT2D eigenvalue weighted by molar-refractivity contribution is 0.379. The van der Waals surface area contributed by atoms with E-state index in [0.29, 0.717) is 11.7 Å². The topological polar surface area (TPSA) is 56.7 Å². The zero-order valence-corrected chi connectivity index (χ0v) is 10.7. The molecule has 0 atom stereocenters. The highest BCUT2D eigenvalue weighted by molar-refractivity contribution is 5.53. The standard InChI is InChI=1S/C14H14N4O/c1-18-10-11(9-15-18)7-8-13-16-14(17-19-13)12-5-3-2-4-6-12/h2-6,9-10H,7-8H2,1H3. The summed E-state index contributed by atoms with van der Waals surface area (Å²) in [5, 5.41) is 8.13. The molecule has 3 aromatic rings. The van der Waals surface area contributed by atoms with Crippen molar-refractivity contribution in [3.63, 3.8) is 0 Å². The number of rotatable bonds is 4. The molecule has 0 N–H and O–H groups in total. The van der Waals surface area contributed by atoms with Crippen LogP contribution in [0.1, 0.15) is 11.5 Å². The largest absolute Gasteiger partial charge is 0.339 e.